The molecule has 2 aromatic carbocycles. The lowest BCUT2D eigenvalue weighted by molar-refractivity contribution is -0.146. The number of benzene rings is 2. The van der Waals surface area contributed by atoms with E-state index < -0.39 is 24.0 Å². The van der Waals surface area contributed by atoms with E-state index in [1.54, 1.807) is 19.1 Å². The maximum Gasteiger partial charge on any atom is 0.311 e. The van der Waals surface area contributed by atoms with Crippen LogP contribution in [0.3, 0.4) is 0 Å². The van der Waals surface area contributed by atoms with Crippen molar-refractivity contribution in [2.24, 2.45) is 11.8 Å². The number of carbonyl (C=O) groups is 2. The Hall–Kier alpha value is -2.98. The number of ether oxygens (including phenoxy) is 3. The number of hydrogen-bond donors (Lipinski definition) is 3. The Morgan fingerprint density at radius 2 is 1.80 bits per heavy atom. The fraction of sp³-hybridized carbons (Fsp3) is 0.600. The third-order valence-corrected chi connectivity index (χ3v) is 8.97. The maximum absolute atomic E-state index is 13.4. The van der Waals surface area contributed by atoms with E-state index in [9.17, 15) is 14.7 Å². The van der Waals surface area contributed by atoms with Crippen molar-refractivity contribution in [3.63, 3.8) is 0 Å². The van der Waals surface area contributed by atoms with E-state index in [4.69, 9.17) is 14.2 Å². The molecule has 1 aliphatic carbocycles. The highest BCUT2D eigenvalue weighted by Gasteiger charge is 2.37. The minimum atomic E-state index is -0.830. The number of aliphatic hydroxyl groups is 1. The highest BCUT2D eigenvalue weighted by Crippen LogP contribution is 2.33. The van der Waals surface area contributed by atoms with Crippen molar-refractivity contribution in [1.29, 1.82) is 0 Å². The molecule has 9 nitrogen and oxygen atoms in total. The molecule has 0 unspecified atom stereocenters. The molecule has 242 valence electrons. The van der Waals surface area contributed by atoms with Gasteiger partial charge in [0.1, 0.15) is 5.75 Å². The van der Waals surface area contributed by atoms with Crippen LogP contribution >= 0.6 is 0 Å². The third kappa shape index (κ3) is 10.0. The molecule has 3 N–H and O–H groups in total. The van der Waals surface area contributed by atoms with Crippen LogP contribution in [0, 0.1) is 18.8 Å². The molecule has 0 aromatic heterocycles. The number of likely N-dealkylation sites (tertiary alicyclic amines) is 1. The molecule has 4 rings (SSSR count). The summed E-state index contributed by atoms with van der Waals surface area (Å²) in [5.74, 6) is 0.0948. The van der Waals surface area contributed by atoms with Crippen molar-refractivity contribution < 1.29 is 28.9 Å². The lowest BCUT2D eigenvalue weighted by atomic mass is 9.83. The highest BCUT2D eigenvalue weighted by atomic mass is 16.5. The second-order valence-corrected chi connectivity index (χ2v) is 12.4. The predicted octanol–water partition coefficient (Wildman–Crippen LogP) is 4.16. The molecule has 0 radical (unpaired) electrons. The molecule has 1 saturated heterocycles. The summed E-state index contributed by atoms with van der Waals surface area (Å²) in [5, 5.41) is 17.5. The van der Waals surface area contributed by atoms with Gasteiger partial charge in [-0.1, -0.05) is 68.5 Å². The SMILES string of the molecule is COCCO[C@@H](c1ccccc1)[C@@H]1CCN(C(=O)C(=O)N[C@@H](CC2CCCCC2)[C@H](O)CNCc2cc(C)cc(OC)c2)C1. The van der Waals surface area contributed by atoms with Gasteiger partial charge in [0.05, 0.1) is 38.6 Å². The lowest BCUT2D eigenvalue weighted by Crippen LogP contribution is -2.52. The summed E-state index contributed by atoms with van der Waals surface area (Å²) in [5.41, 5.74) is 3.21. The summed E-state index contributed by atoms with van der Waals surface area (Å²) in [7, 11) is 3.29. The van der Waals surface area contributed by atoms with Crippen LogP contribution in [0.1, 0.15) is 67.7 Å². The maximum atomic E-state index is 13.4. The number of methoxy groups -OCH3 is 2. The quantitative estimate of drug-likeness (QED) is 0.206. The molecule has 1 aliphatic heterocycles. The van der Waals surface area contributed by atoms with Crippen LogP contribution in [0.15, 0.2) is 48.5 Å². The zero-order valence-electron chi connectivity index (χ0n) is 26.6. The molecule has 2 aliphatic rings. The number of aryl methyl sites for hydroxylation is 1. The average Bonchev–Trinajstić information content (AvgIpc) is 3.53. The van der Waals surface area contributed by atoms with Gasteiger partial charge in [-0.15, -0.1) is 0 Å². The number of amides is 2. The van der Waals surface area contributed by atoms with E-state index >= 15 is 0 Å². The van der Waals surface area contributed by atoms with Gasteiger partial charge in [-0.25, -0.2) is 0 Å². The van der Waals surface area contributed by atoms with E-state index in [1.807, 2.05) is 49.4 Å². The summed E-state index contributed by atoms with van der Waals surface area (Å²) >= 11 is 0. The molecule has 0 spiro atoms. The molecule has 1 saturated carbocycles. The van der Waals surface area contributed by atoms with Crippen LogP contribution in [0.5, 0.6) is 5.75 Å². The largest absolute Gasteiger partial charge is 0.497 e. The van der Waals surface area contributed by atoms with Crippen LogP contribution in [0.2, 0.25) is 0 Å². The summed E-state index contributed by atoms with van der Waals surface area (Å²) in [6.45, 7) is 4.74. The third-order valence-electron chi connectivity index (χ3n) is 8.97. The number of carbonyl (C=O) groups excluding carboxylic acids is 2. The Morgan fingerprint density at radius 3 is 2.52 bits per heavy atom. The van der Waals surface area contributed by atoms with Gasteiger partial charge >= 0.3 is 11.8 Å². The fourth-order valence-corrected chi connectivity index (χ4v) is 6.64. The molecule has 4 atom stereocenters. The molecular weight excluding hydrogens is 558 g/mol. The fourth-order valence-electron chi connectivity index (χ4n) is 6.64. The first-order valence-corrected chi connectivity index (χ1v) is 16.2. The van der Waals surface area contributed by atoms with Gasteiger partial charge in [-0.3, -0.25) is 9.59 Å². The van der Waals surface area contributed by atoms with E-state index in [1.165, 1.54) is 6.42 Å². The summed E-state index contributed by atoms with van der Waals surface area (Å²) < 4.78 is 16.8. The van der Waals surface area contributed by atoms with Gasteiger partial charge in [0, 0.05) is 39.2 Å². The number of nitrogens with one attached hydrogen (secondary N) is 2. The molecule has 0 bridgehead atoms. The van der Waals surface area contributed by atoms with Crippen LogP contribution in [0.25, 0.3) is 0 Å². The van der Waals surface area contributed by atoms with Crippen molar-refractivity contribution in [3.8, 4) is 5.75 Å². The van der Waals surface area contributed by atoms with Crippen molar-refractivity contribution in [3.05, 3.63) is 65.2 Å². The van der Waals surface area contributed by atoms with Gasteiger partial charge < -0.3 is 34.9 Å². The first-order valence-electron chi connectivity index (χ1n) is 16.2. The van der Waals surface area contributed by atoms with E-state index in [-0.39, 0.29) is 12.0 Å². The van der Waals surface area contributed by atoms with Gasteiger partial charge in [-0.2, -0.15) is 0 Å². The Balaban J connectivity index is 1.36. The standard InChI is InChI=1S/C35H51N3O6/c1-25-18-27(20-30(19-25)43-3)22-36-23-32(39)31(21-26-10-6-4-7-11-26)37-34(40)35(41)38-15-14-29(24-38)33(44-17-16-42-2)28-12-8-5-9-13-28/h5,8-9,12-13,18-20,26,29,31-33,36,39H,4,6-7,10-11,14-17,21-24H2,1-3H3,(H,37,40)/t29-,31+,32-,33+/m1/s1. The van der Waals surface area contributed by atoms with E-state index in [0.29, 0.717) is 51.7 Å². The summed E-state index contributed by atoms with van der Waals surface area (Å²) in [4.78, 5) is 28.4. The van der Waals surface area contributed by atoms with Crippen molar-refractivity contribution in [1.82, 2.24) is 15.5 Å². The van der Waals surface area contributed by atoms with Crippen molar-refractivity contribution in [2.45, 2.75) is 76.7 Å². The Bertz CT molecular complexity index is 1170. The average molecular weight is 610 g/mol. The Kier molecular flexibility index (Phi) is 13.5. The Morgan fingerprint density at radius 1 is 1.02 bits per heavy atom. The number of nitrogens with zero attached hydrogens (tertiary/aromatic N) is 1. The van der Waals surface area contributed by atoms with Crippen LogP contribution in [-0.2, 0) is 25.6 Å². The number of hydrogen-bond acceptors (Lipinski definition) is 7. The highest BCUT2D eigenvalue weighted by molar-refractivity contribution is 6.35. The molecule has 2 fully saturated rings. The van der Waals surface area contributed by atoms with Crippen LogP contribution < -0.4 is 15.4 Å². The smallest absolute Gasteiger partial charge is 0.311 e. The monoisotopic (exact) mass is 609 g/mol. The second kappa shape index (κ2) is 17.5. The van der Waals surface area contributed by atoms with Crippen molar-refractivity contribution >= 4 is 11.8 Å². The molecule has 2 aromatic rings. The number of aliphatic hydroxyl groups excluding tert-OH is 1. The summed E-state index contributed by atoms with van der Waals surface area (Å²) in [6, 6.07) is 15.5. The molecule has 2 amide bonds. The first-order chi connectivity index (χ1) is 21.4. The van der Waals surface area contributed by atoms with Gasteiger partial charge in [0.15, 0.2) is 0 Å². The zero-order valence-corrected chi connectivity index (χ0v) is 26.6. The second-order valence-electron chi connectivity index (χ2n) is 12.4. The molecule has 1 heterocycles. The van der Waals surface area contributed by atoms with Crippen molar-refractivity contribution in [2.75, 3.05) is 47.1 Å². The first kappa shape index (κ1) is 33.9. The summed E-state index contributed by atoms with van der Waals surface area (Å²) in [6.07, 6.45) is 6.11. The Labute approximate surface area is 262 Å². The lowest BCUT2D eigenvalue weighted by Gasteiger charge is -2.30. The molecular formula is C35H51N3O6. The number of rotatable bonds is 15. The minimum absolute atomic E-state index is 0.0686. The van der Waals surface area contributed by atoms with Gasteiger partial charge in [0.25, 0.3) is 0 Å². The van der Waals surface area contributed by atoms with E-state index in [2.05, 4.69) is 16.7 Å². The predicted molar refractivity (Wildman–Crippen MR) is 170 cm³/mol. The normalized spacial score (nSPS) is 19.4. The van der Waals surface area contributed by atoms with Gasteiger partial charge in [0.2, 0.25) is 0 Å². The molecule has 9 heteroatoms. The van der Waals surface area contributed by atoms with Crippen LogP contribution in [-0.4, -0.2) is 81.0 Å². The van der Waals surface area contributed by atoms with Gasteiger partial charge in [-0.05, 0) is 54.5 Å². The zero-order chi connectivity index (χ0) is 31.3. The molecule has 44 heavy (non-hydrogen) atoms. The topological polar surface area (TPSA) is 109 Å². The minimum Gasteiger partial charge on any atom is -0.497 e. The van der Waals surface area contributed by atoms with Crippen LogP contribution in [0.4, 0.5) is 0 Å². The van der Waals surface area contributed by atoms with E-state index in [0.717, 1.165) is 54.5 Å².